The van der Waals surface area contributed by atoms with Gasteiger partial charge in [0.05, 0.1) is 11.1 Å². The second-order valence-electron chi connectivity index (χ2n) is 4.62. The highest BCUT2D eigenvalue weighted by Crippen LogP contribution is 2.15. The molecule has 2 aromatic rings. The van der Waals surface area contributed by atoms with E-state index in [9.17, 15) is 19.7 Å². The maximum Gasteiger partial charge on any atom is 0.285 e. The van der Waals surface area contributed by atoms with Gasteiger partial charge in [-0.25, -0.2) is 0 Å². The third kappa shape index (κ3) is 5.26. The first-order valence-electron chi connectivity index (χ1n) is 6.85. The average molecular weight is 333 g/mol. The molecule has 1 aromatic heterocycles. The van der Waals surface area contributed by atoms with Crippen LogP contribution in [-0.2, 0) is 11.3 Å². The van der Waals surface area contributed by atoms with Crippen LogP contribution in [0, 0.1) is 10.1 Å². The lowest BCUT2D eigenvalue weighted by Gasteiger charge is -2.07. The van der Waals surface area contributed by atoms with Gasteiger partial charge in [-0.1, -0.05) is 18.2 Å². The number of carbonyl (C=O) groups excluding carboxylic acids is 1. The molecule has 0 radical (unpaired) electrons. The third-order valence-electron chi connectivity index (χ3n) is 2.93. The van der Waals surface area contributed by atoms with E-state index in [2.05, 4.69) is 5.32 Å². The van der Waals surface area contributed by atoms with Crippen LogP contribution in [0.1, 0.15) is 0 Å². The van der Waals surface area contributed by atoms with E-state index in [0.29, 0.717) is 12.3 Å². The van der Waals surface area contributed by atoms with Crippen molar-refractivity contribution in [1.82, 2.24) is 9.88 Å². The fourth-order valence-electron chi connectivity index (χ4n) is 1.84. The summed E-state index contributed by atoms with van der Waals surface area (Å²) in [5.74, 6) is 0.334. The van der Waals surface area contributed by atoms with Crippen LogP contribution in [-0.4, -0.2) is 27.7 Å². The quantitative estimate of drug-likeness (QED) is 0.360. The normalized spacial score (nSPS) is 10.3. The third-order valence-corrected chi connectivity index (χ3v) is 3.94. The Hall–Kier alpha value is -2.61. The van der Waals surface area contributed by atoms with Crippen LogP contribution in [0.5, 0.6) is 0 Å². The van der Waals surface area contributed by atoms with Gasteiger partial charge in [0.1, 0.15) is 6.54 Å². The van der Waals surface area contributed by atoms with Crippen molar-refractivity contribution >= 4 is 23.4 Å². The number of pyridine rings is 1. The number of thioether (sulfide) groups is 1. The molecule has 0 unspecified atom stereocenters. The van der Waals surface area contributed by atoms with Gasteiger partial charge in [0.2, 0.25) is 5.91 Å². The molecule has 1 heterocycles. The van der Waals surface area contributed by atoms with E-state index >= 15 is 0 Å². The number of hydrogen-bond acceptors (Lipinski definition) is 5. The molecule has 0 aliphatic carbocycles. The molecule has 1 aromatic carbocycles. The SMILES string of the molecule is O=C(Cn1cc([N+](=O)[O-])ccc1=O)NCCSc1ccccc1. The number of nitro groups is 1. The van der Waals surface area contributed by atoms with E-state index in [1.54, 1.807) is 11.8 Å². The van der Waals surface area contributed by atoms with Gasteiger partial charge in [-0.15, -0.1) is 11.8 Å². The van der Waals surface area contributed by atoms with Crippen molar-refractivity contribution in [3.8, 4) is 0 Å². The van der Waals surface area contributed by atoms with Gasteiger partial charge in [0.25, 0.3) is 11.2 Å². The smallest absolute Gasteiger partial charge is 0.285 e. The number of amides is 1. The fraction of sp³-hybridized carbons (Fsp3) is 0.200. The minimum absolute atomic E-state index is 0.225. The zero-order chi connectivity index (χ0) is 16.7. The van der Waals surface area contributed by atoms with Gasteiger partial charge in [-0.3, -0.25) is 24.3 Å². The largest absolute Gasteiger partial charge is 0.354 e. The summed E-state index contributed by atoms with van der Waals surface area (Å²) in [4.78, 5) is 34.6. The van der Waals surface area contributed by atoms with Crippen LogP contribution in [0.3, 0.4) is 0 Å². The van der Waals surface area contributed by atoms with Crippen LogP contribution in [0.4, 0.5) is 5.69 Å². The molecular weight excluding hydrogens is 318 g/mol. The summed E-state index contributed by atoms with van der Waals surface area (Å²) >= 11 is 1.61. The van der Waals surface area contributed by atoms with E-state index in [1.165, 1.54) is 0 Å². The minimum Gasteiger partial charge on any atom is -0.354 e. The van der Waals surface area contributed by atoms with Gasteiger partial charge in [-0.2, -0.15) is 0 Å². The summed E-state index contributed by atoms with van der Waals surface area (Å²) < 4.78 is 1.03. The summed E-state index contributed by atoms with van der Waals surface area (Å²) in [5, 5.41) is 13.4. The monoisotopic (exact) mass is 333 g/mol. The Kier molecular flexibility index (Phi) is 5.93. The Morgan fingerprint density at radius 2 is 1.96 bits per heavy atom. The first kappa shape index (κ1) is 16.8. The van der Waals surface area contributed by atoms with Crippen molar-refractivity contribution in [2.45, 2.75) is 11.4 Å². The van der Waals surface area contributed by atoms with E-state index in [4.69, 9.17) is 0 Å². The van der Waals surface area contributed by atoms with Gasteiger partial charge >= 0.3 is 0 Å². The Bertz CT molecular complexity index is 746. The van der Waals surface area contributed by atoms with Crippen molar-refractivity contribution in [1.29, 1.82) is 0 Å². The van der Waals surface area contributed by atoms with Crippen LogP contribution in [0.15, 0.2) is 58.4 Å². The Morgan fingerprint density at radius 1 is 1.22 bits per heavy atom. The van der Waals surface area contributed by atoms with Crippen LogP contribution < -0.4 is 10.9 Å². The lowest BCUT2D eigenvalue weighted by atomic mass is 10.4. The van der Waals surface area contributed by atoms with Crippen LogP contribution >= 0.6 is 11.8 Å². The molecule has 0 atom stereocenters. The van der Waals surface area contributed by atoms with E-state index in [-0.39, 0.29) is 18.1 Å². The minimum atomic E-state index is -0.607. The molecule has 23 heavy (non-hydrogen) atoms. The highest BCUT2D eigenvalue weighted by Gasteiger charge is 2.10. The molecule has 0 saturated heterocycles. The first-order valence-corrected chi connectivity index (χ1v) is 7.84. The van der Waals surface area contributed by atoms with Crippen molar-refractivity contribution < 1.29 is 9.72 Å². The van der Waals surface area contributed by atoms with Crippen molar-refractivity contribution in [3.05, 3.63) is 69.1 Å². The predicted molar refractivity (Wildman–Crippen MR) is 87.5 cm³/mol. The summed E-state index contributed by atoms with van der Waals surface area (Å²) in [6, 6.07) is 12.0. The molecule has 0 spiro atoms. The van der Waals surface area contributed by atoms with Gasteiger partial charge in [-0.05, 0) is 12.1 Å². The number of nitrogens with zero attached hydrogens (tertiary/aromatic N) is 2. The van der Waals surface area contributed by atoms with Crippen molar-refractivity contribution in [2.24, 2.45) is 0 Å². The van der Waals surface area contributed by atoms with E-state index < -0.39 is 10.5 Å². The number of benzene rings is 1. The van der Waals surface area contributed by atoms with Gasteiger partial charge in [0, 0.05) is 29.3 Å². The molecule has 1 amide bonds. The zero-order valence-corrected chi connectivity index (χ0v) is 13.0. The second-order valence-corrected chi connectivity index (χ2v) is 5.79. The van der Waals surface area contributed by atoms with E-state index in [1.807, 2.05) is 30.3 Å². The number of nitrogens with one attached hydrogen (secondary N) is 1. The molecule has 0 fully saturated rings. The summed E-state index contributed by atoms with van der Waals surface area (Å²) in [6.45, 7) is 0.207. The predicted octanol–water partition coefficient (Wildman–Crippen LogP) is 1.67. The maximum atomic E-state index is 11.8. The number of aromatic nitrogens is 1. The lowest BCUT2D eigenvalue weighted by molar-refractivity contribution is -0.385. The number of carbonyl (C=O) groups is 1. The topological polar surface area (TPSA) is 94.2 Å². The molecule has 8 heteroatoms. The molecule has 1 N–H and O–H groups in total. The average Bonchev–Trinajstić information content (AvgIpc) is 2.54. The van der Waals surface area contributed by atoms with E-state index in [0.717, 1.165) is 27.8 Å². The molecule has 0 bridgehead atoms. The molecule has 120 valence electrons. The number of rotatable bonds is 7. The highest BCUT2D eigenvalue weighted by molar-refractivity contribution is 7.99. The first-order chi connectivity index (χ1) is 11.1. The molecule has 7 nitrogen and oxygen atoms in total. The zero-order valence-electron chi connectivity index (χ0n) is 12.2. The standard InChI is InChI=1S/C15H15N3O4S/c19-14(16-8-9-23-13-4-2-1-3-5-13)11-17-10-12(18(21)22)6-7-15(17)20/h1-7,10H,8-9,11H2,(H,16,19). The highest BCUT2D eigenvalue weighted by atomic mass is 32.2. The molecule has 0 aliphatic heterocycles. The van der Waals surface area contributed by atoms with Gasteiger partial charge < -0.3 is 5.32 Å². The molecule has 0 aliphatic rings. The molecule has 2 rings (SSSR count). The van der Waals surface area contributed by atoms with Crippen molar-refractivity contribution in [3.63, 3.8) is 0 Å². The van der Waals surface area contributed by atoms with Crippen molar-refractivity contribution in [2.75, 3.05) is 12.3 Å². The van der Waals surface area contributed by atoms with Gasteiger partial charge in [0.15, 0.2) is 0 Å². The fourth-order valence-corrected chi connectivity index (χ4v) is 2.63. The summed E-state index contributed by atoms with van der Waals surface area (Å²) in [5.41, 5.74) is -0.679. The summed E-state index contributed by atoms with van der Waals surface area (Å²) in [7, 11) is 0. The summed E-state index contributed by atoms with van der Waals surface area (Å²) in [6.07, 6.45) is 1.07. The Balaban J connectivity index is 1.82. The molecular formula is C15H15N3O4S. The van der Waals surface area contributed by atoms with Crippen LogP contribution in [0.25, 0.3) is 0 Å². The maximum absolute atomic E-state index is 11.8. The lowest BCUT2D eigenvalue weighted by Crippen LogP contribution is -2.33. The Labute approximate surface area is 136 Å². The Morgan fingerprint density at radius 3 is 2.65 bits per heavy atom. The number of hydrogen-bond donors (Lipinski definition) is 1. The second kappa shape index (κ2) is 8.14. The molecule has 0 saturated carbocycles. The van der Waals surface area contributed by atoms with Crippen LogP contribution in [0.2, 0.25) is 0 Å².